The van der Waals surface area contributed by atoms with Crippen molar-refractivity contribution in [2.45, 2.75) is 45.6 Å². The van der Waals surface area contributed by atoms with Crippen molar-refractivity contribution in [2.75, 3.05) is 29.9 Å². The summed E-state index contributed by atoms with van der Waals surface area (Å²) in [7, 11) is 0. The Morgan fingerprint density at radius 2 is 2.16 bits per heavy atom. The second kappa shape index (κ2) is 5.74. The van der Waals surface area contributed by atoms with Crippen molar-refractivity contribution >= 4 is 11.6 Å². The van der Waals surface area contributed by atoms with Crippen LogP contribution in [-0.4, -0.2) is 40.3 Å². The number of aromatic nitrogens is 2. The number of aliphatic hydroxyl groups is 1. The molecule has 5 heteroatoms. The van der Waals surface area contributed by atoms with Crippen LogP contribution in [0, 0.1) is 6.92 Å². The quantitative estimate of drug-likeness (QED) is 0.874. The summed E-state index contributed by atoms with van der Waals surface area (Å²) >= 11 is 0. The third kappa shape index (κ3) is 3.35. The van der Waals surface area contributed by atoms with Gasteiger partial charge in [-0.2, -0.15) is 0 Å². The van der Waals surface area contributed by atoms with Gasteiger partial charge in [0.05, 0.1) is 5.60 Å². The standard InChI is InChI=1S/C14H24N4O/c1-4-15-12-11(2)13(17-10-16-12)18-8-5-6-14(3,19)7-9-18/h10,19H,4-9H2,1-3H3,(H,15,16,17). The topological polar surface area (TPSA) is 61.3 Å². The maximum absolute atomic E-state index is 10.2. The maximum Gasteiger partial charge on any atom is 0.137 e. The lowest BCUT2D eigenvalue weighted by Crippen LogP contribution is -2.29. The van der Waals surface area contributed by atoms with E-state index in [9.17, 15) is 5.11 Å². The second-order valence-electron chi connectivity index (χ2n) is 5.54. The minimum absolute atomic E-state index is 0.541. The van der Waals surface area contributed by atoms with Gasteiger partial charge in [-0.1, -0.05) is 0 Å². The van der Waals surface area contributed by atoms with Gasteiger partial charge in [0.25, 0.3) is 0 Å². The molecule has 0 aliphatic carbocycles. The fraction of sp³-hybridized carbons (Fsp3) is 0.714. The molecule has 1 aliphatic heterocycles. The highest BCUT2D eigenvalue weighted by molar-refractivity contribution is 5.57. The minimum Gasteiger partial charge on any atom is -0.390 e. The summed E-state index contributed by atoms with van der Waals surface area (Å²) in [6, 6.07) is 0. The van der Waals surface area contributed by atoms with E-state index in [-0.39, 0.29) is 0 Å². The molecule has 1 atom stereocenters. The van der Waals surface area contributed by atoms with E-state index < -0.39 is 5.60 Å². The normalized spacial score (nSPS) is 24.1. The van der Waals surface area contributed by atoms with Crippen molar-refractivity contribution in [3.63, 3.8) is 0 Å². The van der Waals surface area contributed by atoms with Gasteiger partial charge in [0.2, 0.25) is 0 Å². The Labute approximate surface area is 115 Å². The van der Waals surface area contributed by atoms with Gasteiger partial charge in [-0.05, 0) is 40.0 Å². The Hall–Kier alpha value is -1.36. The zero-order valence-corrected chi connectivity index (χ0v) is 12.1. The van der Waals surface area contributed by atoms with Crippen molar-refractivity contribution in [3.05, 3.63) is 11.9 Å². The molecule has 0 spiro atoms. The lowest BCUT2D eigenvalue weighted by atomic mass is 9.98. The van der Waals surface area contributed by atoms with Crippen LogP contribution in [0.3, 0.4) is 0 Å². The van der Waals surface area contributed by atoms with Gasteiger partial charge in [0, 0.05) is 25.2 Å². The summed E-state index contributed by atoms with van der Waals surface area (Å²) < 4.78 is 0. The number of nitrogens with one attached hydrogen (secondary N) is 1. The summed E-state index contributed by atoms with van der Waals surface area (Å²) in [6.45, 7) is 8.68. The van der Waals surface area contributed by atoms with Gasteiger partial charge < -0.3 is 15.3 Å². The highest BCUT2D eigenvalue weighted by Gasteiger charge is 2.26. The van der Waals surface area contributed by atoms with E-state index in [4.69, 9.17) is 0 Å². The molecule has 19 heavy (non-hydrogen) atoms. The molecule has 2 rings (SSSR count). The minimum atomic E-state index is -0.541. The second-order valence-corrected chi connectivity index (χ2v) is 5.54. The van der Waals surface area contributed by atoms with Crippen LogP contribution in [0.4, 0.5) is 11.6 Å². The number of rotatable bonds is 3. The van der Waals surface area contributed by atoms with E-state index in [0.29, 0.717) is 0 Å². The lowest BCUT2D eigenvalue weighted by Gasteiger charge is -2.25. The Morgan fingerprint density at radius 1 is 1.37 bits per heavy atom. The van der Waals surface area contributed by atoms with Crippen molar-refractivity contribution < 1.29 is 5.11 Å². The molecule has 1 aromatic rings. The fourth-order valence-electron chi connectivity index (χ4n) is 2.58. The summed E-state index contributed by atoms with van der Waals surface area (Å²) in [5.41, 5.74) is 0.547. The van der Waals surface area contributed by atoms with Gasteiger partial charge in [0.15, 0.2) is 0 Å². The molecular weight excluding hydrogens is 240 g/mol. The number of anilines is 2. The van der Waals surface area contributed by atoms with Crippen LogP contribution in [0.2, 0.25) is 0 Å². The van der Waals surface area contributed by atoms with Gasteiger partial charge in [-0.25, -0.2) is 9.97 Å². The van der Waals surface area contributed by atoms with Crippen LogP contribution in [-0.2, 0) is 0 Å². The molecule has 0 radical (unpaired) electrons. The Balaban J connectivity index is 2.19. The van der Waals surface area contributed by atoms with Crippen LogP contribution in [0.15, 0.2) is 6.33 Å². The third-order valence-electron chi connectivity index (χ3n) is 3.76. The van der Waals surface area contributed by atoms with Crippen LogP contribution >= 0.6 is 0 Å². The SMILES string of the molecule is CCNc1ncnc(N2CCCC(C)(O)CC2)c1C. The molecule has 106 valence electrons. The zero-order chi connectivity index (χ0) is 13.9. The molecule has 1 unspecified atom stereocenters. The number of hydrogen-bond acceptors (Lipinski definition) is 5. The van der Waals surface area contributed by atoms with Gasteiger partial charge in [-0.15, -0.1) is 0 Å². The van der Waals surface area contributed by atoms with Gasteiger partial charge in [0.1, 0.15) is 18.0 Å². The van der Waals surface area contributed by atoms with E-state index >= 15 is 0 Å². The van der Waals surface area contributed by atoms with Crippen LogP contribution in [0.1, 0.15) is 38.7 Å². The predicted molar refractivity (Wildman–Crippen MR) is 77.6 cm³/mol. The van der Waals surface area contributed by atoms with Crippen molar-refractivity contribution in [3.8, 4) is 0 Å². The first-order valence-corrected chi connectivity index (χ1v) is 7.06. The van der Waals surface area contributed by atoms with E-state index in [2.05, 4.69) is 34.0 Å². The van der Waals surface area contributed by atoms with Gasteiger partial charge in [-0.3, -0.25) is 0 Å². The molecule has 5 nitrogen and oxygen atoms in total. The lowest BCUT2D eigenvalue weighted by molar-refractivity contribution is 0.0481. The van der Waals surface area contributed by atoms with E-state index in [0.717, 1.165) is 56.1 Å². The van der Waals surface area contributed by atoms with Crippen LogP contribution in [0.25, 0.3) is 0 Å². The highest BCUT2D eigenvalue weighted by Crippen LogP contribution is 2.27. The van der Waals surface area contributed by atoms with Crippen molar-refractivity contribution in [1.82, 2.24) is 9.97 Å². The Bertz CT molecular complexity index is 433. The molecule has 0 amide bonds. The summed E-state index contributed by atoms with van der Waals surface area (Å²) in [5.74, 6) is 1.90. The summed E-state index contributed by atoms with van der Waals surface area (Å²) in [5, 5.41) is 13.4. The first-order chi connectivity index (χ1) is 9.03. The van der Waals surface area contributed by atoms with Crippen LogP contribution in [0.5, 0.6) is 0 Å². The van der Waals surface area contributed by atoms with E-state index in [1.54, 1.807) is 6.33 Å². The molecular formula is C14H24N4O. The molecule has 0 bridgehead atoms. The first kappa shape index (κ1) is 14.1. The highest BCUT2D eigenvalue weighted by atomic mass is 16.3. The summed E-state index contributed by atoms with van der Waals surface area (Å²) in [6.07, 6.45) is 4.25. The molecule has 0 aromatic carbocycles. The molecule has 2 N–H and O–H groups in total. The molecule has 0 saturated carbocycles. The third-order valence-corrected chi connectivity index (χ3v) is 3.76. The average Bonchev–Trinajstić information content (AvgIpc) is 2.53. The molecule has 1 aromatic heterocycles. The molecule has 2 heterocycles. The zero-order valence-electron chi connectivity index (χ0n) is 12.1. The van der Waals surface area contributed by atoms with Crippen molar-refractivity contribution in [1.29, 1.82) is 0 Å². The molecule has 1 saturated heterocycles. The largest absolute Gasteiger partial charge is 0.390 e. The number of hydrogen-bond donors (Lipinski definition) is 2. The van der Waals surface area contributed by atoms with Crippen molar-refractivity contribution in [2.24, 2.45) is 0 Å². The summed E-state index contributed by atoms with van der Waals surface area (Å²) in [4.78, 5) is 11.0. The monoisotopic (exact) mass is 264 g/mol. The smallest absolute Gasteiger partial charge is 0.137 e. The van der Waals surface area contributed by atoms with E-state index in [1.165, 1.54) is 0 Å². The fourth-order valence-corrected chi connectivity index (χ4v) is 2.58. The maximum atomic E-state index is 10.2. The van der Waals surface area contributed by atoms with Crippen LogP contribution < -0.4 is 10.2 Å². The first-order valence-electron chi connectivity index (χ1n) is 7.06. The average molecular weight is 264 g/mol. The predicted octanol–water partition coefficient (Wildman–Crippen LogP) is 1.96. The van der Waals surface area contributed by atoms with E-state index in [1.807, 2.05) is 6.92 Å². The molecule has 1 aliphatic rings. The molecule has 1 fully saturated rings. The van der Waals surface area contributed by atoms with Gasteiger partial charge >= 0.3 is 0 Å². The Morgan fingerprint density at radius 3 is 2.89 bits per heavy atom. The Kier molecular flexibility index (Phi) is 4.24. The number of nitrogens with zero attached hydrogens (tertiary/aromatic N) is 3.